The number of hydrogen-bond donors (Lipinski definition) is 2. The van der Waals surface area contributed by atoms with Crippen LogP contribution in [0.15, 0.2) is 6.20 Å². The third-order valence-electron chi connectivity index (χ3n) is 3.57. The standard InChI is InChI=1S/C12H17F3N4O/c1-8-9(7-17-19(8)6-2-5-16)10(20)18-11(3-4-11)12(13,14)15/h7H,2-6,16H2,1H3,(H,18,20). The highest BCUT2D eigenvalue weighted by molar-refractivity contribution is 5.95. The summed E-state index contributed by atoms with van der Waals surface area (Å²) in [5.41, 5.74) is 4.07. The Morgan fingerprint density at radius 3 is 2.70 bits per heavy atom. The van der Waals surface area contributed by atoms with Gasteiger partial charge in [0.2, 0.25) is 0 Å². The lowest BCUT2D eigenvalue weighted by atomic mass is 10.2. The average Bonchev–Trinajstić information content (AvgIpc) is 3.05. The number of nitrogens with zero attached hydrogens (tertiary/aromatic N) is 2. The third-order valence-corrected chi connectivity index (χ3v) is 3.57. The van der Waals surface area contributed by atoms with Crippen LogP contribution in [0.1, 0.15) is 35.3 Å². The topological polar surface area (TPSA) is 72.9 Å². The molecule has 3 N–H and O–H groups in total. The molecule has 5 nitrogen and oxygen atoms in total. The third kappa shape index (κ3) is 2.65. The average molecular weight is 290 g/mol. The number of aromatic nitrogens is 2. The highest BCUT2D eigenvalue weighted by Gasteiger charge is 2.64. The molecule has 1 amide bonds. The second kappa shape index (κ2) is 5.08. The van der Waals surface area contributed by atoms with Crippen LogP contribution in [0.2, 0.25) is 0 Å². The van der Waals surface area contributed by atoms with E-state index in [-0.39, 0.29) is 18.4 Å². The molecular weight excluding hydrogens is 273 g/mol. The van der Waals surface area contributed by atoms with Gasteiger partial charge in [0, 0.05) is 12.2 Å². The minimum absolute atomic E-state index is 0.0669. The number of carbonyl (C=O) groups excluding carboxylic acids is 1. The molecule has 1 aromatic rings. The fourth-order valence-electron chi connectivity index (χ4n) is 2.02. The van der Waals surface area contributed by atoms with Crippen molar-refractivity contribution < 1.29 is 18.0 Å². The number of nitrogens with one attached hydrogen (secondary N) is 1. The number of hydrogen-bond acceptors (Lipinski definition) is 3. The summed E-state index contributed by atoms with van der Waals surface area (Å²) in [4.78, 5) is 12.0. The molecule has 0 radical (unpaired) electrons. The van der Waals surface area contributed by atoms with Crippen LogP contribution in [0, 0.1) is 6.92 Å². The smallest absolute Gasteiger partial charge is 0.338 e. The SMILES string of the molecule is Cc1c(C(=O)NC2(C(F)(F)F)CC2)cnn1CCCN. The van der Waals surface area contributed by atoms with Gasteiger partial charge in [0.05, 0.1) is 11.8 Å². The Labute approximate surface area is 114 Å². The number of carbonyl (C=O) groups is 1. The van der Waals surface area contributed by atoms with E-state index in [1.165, 1.54) is 6.20 Å². The Hall–Kier alpha value is -1.57. The van der Waals surface area contributed by atoms with Gasteiger partial charge in [0.1, 0.15) is 5.54 Å². The number of rotatable bonds is 5. The van der Waals surface area contributed by atoms with E-state index in [0.29, 0.717) is 25.2 Å². The minimum atomic E-state index is -4.41. The normalized spacial score (nSPS) is 17.1. The van der Waals surface area contributed by atoms with E-state index >= 15 is 0 Å². The van der Waals surface area contributed by atoms with E-state index < -0.39 is 17.6 Å². The van der Waals surface area contributed by atoms with Crippen molar-refractivity contribution in [1.29, 1.82) is 0 Å². The molecule has 1 fully saturated rings. The first-order valence-corrected chi connectivity index (χ1v) is 6.42. The van der Waals surface area contributed by atoms with Crippen molar-refractivity contribution in [2.24, 2.45) is 5.73 Å². The second-order valence-electron chi connectivity index (χ2n) is 5.04. The molecular formula is C12H17F3N4O. The molecule has 20 heavy (non-hydrogen) atoms. The van der Waals surface area contributed by atoms with Gasteiger partial charge in [0.15, 0.2) is 0 Å². The molecule has 1 heterocycles. The zero-order valence-electron chi connectivity index (χ0n) is 11.1. The van der Waals surface area contributed by atoms with Crippen LogP contribution in [0.3, 0.4) is 0 Å². The monoisotopic (exact) mass is 290 g/mol. The molecule has 0 aliphatic heterocycles. The molecule has 0 aromatic carbocycles. The molecule has 112 valence electrons. The van der Waals surface area contributed by atoms with E-state index in [1.807, 2.05) is 0 Å². The Morgan fingerprint density at radius 2 is 2.20 bits per heavy atom. The number of aryl methyl sites for hydroxylation is 1. The molecule has 0 bridgehead atoms. The lowest BCUT2D eigenvalue weighted by Crippen LogP contribution is -2.47. The quantitative estimate of drug-likeness (QED) is 0.860. The van der Waals surface area contributed by atoms with Crippen molar-refractivity contribution in [3.63, 3.8) is 0 Å². The first kappa shape index (κ1) is 14.8. The van der Waals surface area contributed by atoms with Crippen LogP contribution in [0.25, 0.3) is 0 Å². The maximum Gasteiger partial charge on any atom is 0.411 e. The van der Waals surface area contributed by atoms with Crippen molar-refractivity contribution in [3.05, 3.63) is 17.5 Å². The summed E-state index contributed by atoms with van der Waals surface area (Å²) in [6.45, 7) is 2.68. The van der Waals surface area contributed by atoms with E-state index in [9.17, 15) is 18.0 Å². The van der Waals surface area contributed by atoms with Crippen molar-refractivity contribution in [3.8, 4) is 0 Å². The van der Waals surface area contributed by atoms with Crippen molar-refractivity contribution in [1.82, 2.24) is 15.1 Å². The number of amides is 1. The summed E-state index contributed by atoms with van der Waals surface area (Å²) in [6.07, 6.45) is -2.55. The fraction of sp³-hybridized carbons (Fsp3) is 0.667. The van der Waals surface area contributed by atoms with Crippen molar-refractivity contribution in [2.75, 3.05) is 6.54 Å². The lowest BCUT2D eigenvalue weighted by Gasteiger charge is -2.20. The summed E-state index contributed by atoms with van der Waals surface area (Å²) >= 11 is 0. The molecule has 8 heteroatoms. The van der Waals surface area contributed by atoms with E-state index in [0.717, 1.165) is 0 Å². The van der Waals surface area contributed by atoms with Gasteiger partial charge < -0.3 is 11.1 Å². The second-order valence-corrected chi connectivity index (χ2v) is 5.04. The molecule has 0 unspecified atom stereocenters. The first-order chi connectivity index (χ1) is 9.31. The Morgan fingerprint density at radius 1 is 1.55 bits per heavy atom. The van der Waals surface area contributed by atoms with Gasteiger partial charge in [-0.3, -0.25) is 9.48 Å². The zero-order valence-corrected chi connectivity index (χ0v) is 11.1. The Kier molecular flexibility index (Phi) is 3.77. The zero-order chi connectivity index (χ0) is 15.0. The van der Waals surface area contributed by atoms with Gasteiger partial charge in [-0.1, -0.05) is 0 Å². The molecule has 1 saturated carbocycles. The van der Waals surface area contributed by atoms with E-state index in [1.54, 1.807) is 11.6 Å². The molecule has 1 aliphatic carbocycles. The largest absolute Gasteiger partial charge is 0.411 e. The van der Waals surface area contributed by atoms with Crippen LogP contribution >= 0.6 is 0 Å². The first-order valence-electron chi connectivity index (χ1n) is 6.42. The highest BCUT2D eigenvalue weighted by atomic mass is 19.4. The van der Waals surface area contributed by atoms with Crippen molar-refractivity contribution >= 4 is 5.91 Å². The maximum atomic E-state index is 12.8. The molecule has 1 aliphatic rings. The number of alkyl halides is 3. The predicted molar refractivity (Wildman–Crippen MR) is 66.1 cm³/mol. The highest BCUT2D eigenvalue weighted by Crippen LogP contribution is 2.49. The molecule has 1 aromatic heterocycles. The van der Waals surface area contributed by atoms with E-state index in [4.69, 9.17) is 5.73 Å². The Bertz CT molecular complexity index is 505. The van der Waals surface area contributed by atoms with Gasteiger partial charge in [0.25, 0.3) is 5.91 Å². The summed E-state index contributed by atoms with van der Waals surface area (Å²) in [5, 5.41) is 6.10. The van der Waals surface area contributed by atoms with Crippen LogP contribution in [0.5, 0.6) is 0 Å². The molecule has 0 atom stereocenters. The fourth-order valence-corrected chi connectivity index (χ4v) is 2.02. The number of nitrogens with two attached hydrogens (primary N) is 1. The van der Waals surface area contributed by atoms with Gasteiger partial charge >= 0.3 is 6.18 Å². The summed E-state index contributed by atoms with van der Waals surface area (Å²) < 4.78 is 40.0. The van der Waals surface area contributed by atoms with Crippen molar-refractivity contribution in [2.45, 2.75) is 44.4 Å². The Balaban J connectivity index is 2.09. The molecule has 0 saturated heterocycles. The molecule has 0 spiro atoms. The van der Waals surface area contributed by atoms with Gasteiger partial charge in [-0.25, -0.2) is 0 Å². The minimum Gasteiger partial charge on any atom is -0.338 e. The van der Waals surface area contributed by atoms with Crippen LogP contribution in [-0.2, 0) is 6.54 Å². The summed E-state index contributed by atoms with van der Waals surface area (Å²) in [6, 6.07) is 0. The van der Waals surface area contributed by atoms with Crippen LogP contribution in [0.4, 0.5) is 13.2 Å². The van der Waals surface area contributed by atoms with Gasteiger partial charge in [-0.2, -0.15) is 18.3 Å². The van der Waals surface area contributed by atoms with Gasteiger partial charge in [-0.15, -0.1) is 0 Å². The lowest BCUT2D eigenvalue weighted by molar-refractivity contribution is -0.163. The maximum absolute atomic E-state index is 12.8. The summed E-state index contributed by atoms with van der Waals surface area (Å²) in [5.74, 6) is -0.726. The van der Waals surface area contributed by atoms with Crippen LogP contribution in [-0.4, -0.2) is 33.9 Å². The van der Waals surface area contributed by atoms with Crippen LogP contribution < -0.4 is 11.1 Å². The van der Waals surface area contributed by atoms with Gasteiger partial charge in [-0.05, 0) is 32.7 Å². The predicted octanol–water partition coefficient (Wildman–Crippen LogP) is 1.37. The van der Waals surface area contributed by atoms with E-state index in [2.05, 4.69) is 10.4 Å². The molecule has 2 rings (SSSR count). The number of halogens is 3. The summed E-state index contributed by atoms with van der Waals surface area (Å²) in [7, 11) is 0.